The van der Waals surface area contributed by atoms with E-state index in [0.29, 0.717) is 11.9 Å². The van der Waals surface area contributed by atoms with E-state index in [4.69, 9.17) is 0 Å². The van der Waals surface area contributed by atoms with Crippen LogP contribution in [0.5, 0.6) is 0 Å². The molecule has 1 aliphatic rings. The molecule has 14 heteroatoms. The van der Waals surface area contributed by atoms with Crippen LogP contribution < -0.4 is 10.6 Å². The number of carbonyl (C=O) groups excluding carboxylic acids is 2. The highest BCUT2D eigenvalue weighted by Crippen LogP contribution is 2.29. The lowest BCUT2D eigenvalue weighted by Crippen LogP contribution is -2.44. The summed E-state index contributed by atoms with van der Waals surface area (Å²) in [4.78, 5) is 57.9. The minimum Gasteiger partial charge on any atom is -0.347 e. The fourth-order valence-corrected chi connectivity index (χ4v) is 6.70. The number of fused-ring (bicyclic) bond motifs is 2. The van der Waals surface area contributed by atoms with Gasteiger partial charge in [-0.15, -0.1) is 0 Å². The predicted octanol–water partition coefficient (Wildman–Crippen LogP) is 8.65. The quantitative estimate of drug-likeness (QED) is 0.0820. The largest absolute Gasteiger partial charge is 0.347 e. The van der Waals surface area contributed by atoms with Gasteiger partial charge in [-0.05, 0) is 97.1 Å². The van der Waals surface area contributed by atoms with E-state index in [0.717, 1.165) is 79.8 Å². The van der Waals surface area contributed by atoms with E-state index >= 15 is 0 Å². The zero-order valence-electron chi connectivity index (χ0n) is 36.3. The molecule has 0 radical (unpaired) electrons. The first-order valence-corrected chi connectivity index (χ1v) is 21.2. The summed E-state index contributed by atoms with van der Waals surface area (Å²) in [7, 11) is 2.13. The molecule has 1 unspecified atom stereocenters. The molecule has 8 rings (SSSR count). The standard InChI is InChI=1S/C25H25N5.C13H20N4O.C6H7N3O.C3H8/c1-3-10-30(2)15-25-26-14-24(29-25)21-7-6-17-11-18(4-5-19(17)12-21)20-8-9-22-23(13-20)28-16-27-22;1-10(2)11(12(18)17-8-3-4-9-17)16-13-14-6-5-7-15-13;10-5-4-9-6-7-2-1-3-8-6;1-3-2/h4-9,11-14,16H,3,10,15H2,1-2H3,(H,26,29)(H,27,28);5-7,10-11H,3-4,8-9H2,1-2H3,(H,14,15,16);1-3,5H,4H2,(H,7,8,9);3H2,1-2H3. The van der Waals surface area contributed by atoms with Crippen molar-refractivity contribution >= 4 is 45.9 Å². The molecule has 1 saturated heterocycles. The monoisotopic (exact) mass is 824 g/mol. The number of anilines is 2. The maximum Gasteiger partial charge on any atom is 0.245 e. The van der Waals surface area contributed by atoms with Crippen molar-refractivity contribution in [3.8, 4) is 22.4 Å². The zero-order chi connectivity index (χ0) is 43.4. The molecule has 4 N–H and O–H groups in total. The smallest absolute Gasteiger partial charge is 0.245 e. The number of amides is 1. The van der Waals surface area contributed by atoms with Gasteiger partial charge in [0.15, 0.2) is 0 Å². The number of imidazole rings is 2. The second-order valence-corrected chi connectivity index (χ2v) is 15.2. The van der Waals surface area contributed by atoms with Gasteiger partial charge in [0.05, 0.1) is 42.3 Å². The number of hydrogen-bond donors (Lipinski definition) is 4. The number of aromatic amines is 2. The zero-order valence-corrected chi connectivity index (χ0v) is 36.3. The van der Waals surface area contributed by atoms with E-state index in [1.54, 1.807) is 43.2 Å². The first kappa shape index (κ1) is 45.5. The fourth-order valence-electron chi connectivity index (χ4n) is 6.70. The van der Waals surface area contributed by atoms with Gasteiger partial charge in [-0.1, -0.05) is 71.4 Å². The molecule has 61 heavy (non-hydrogen) atoms. The lowest BCUT2D eigenvalue weighted by Gasteiger charge is -2.26. The van der Waals surface area contributed by atoms with Crippen molar-refractivity contribution in [1.82, 2.24) is 49.7 Å². The molecule has 1 fully saturated rings. The first-order valence-electron chi connectivity index (χ1n) is 21.2. The van der Waals surface area contributed by atoms with E-state index < -0.39 is 0 Å². The Kier molecular flexibility index (Phi) is 17.8. The Morgan fingerprint density at radius 3 is 2.07 bits per heavy atom. The van der Waals surface area contributed by atoms with E-state index in [1.165, 1.54) is 28.3 Å². The third-order valence-corrected chi connectivity index (χ3v) is 9.67. The van der Waals surface area contributed by atoms with Crippen LogP contribution in [-0.4, -0.2) is 101 Å². The summed E-state index contributed by atoms with van der Waals surface area (Å²) < 4.78 is 0. The van der Waals surface area contributed by atoms with Crippen LogP contribution in [-0.2, 0) is 16.1 Å². The van der Waals surface area contributed by atoms with Crippen LogP contribution in [0, 0.1) is 5.92 Å². The summed E-state index contributed by atoms with van der Waals surface area (Å²) in [5.74, 6) is 2.38. The van der Waals surface area contributed by atoms with Crippen molar-refractivity contribution in [2.45, 2.75) is 72.9 Å². The topological polar surface area (TPSA) is 174 Å². The normalized spacial score (nSPS) is 12.5. The van der Waals surface area contributed by atoms with Gasteiger partial charge in [0.25, 0.3) is 0 Å². The molecule has 3 aromatic carbocycles. The molecule has 7 aromatic rings. The summed E-state index contributed by atoms with van der Waals surface area (Å²) in [6, 6.07) is 22.8. The van der Waals surface area contributed by atoms with E-state index in [9.17, 15) is 9.59 Å². The van der Waals surface area contributed by atoms with Crippen LogP contribution >= 0.6 is 0 Å². The second kappa shape index (κ2) is 23.9. The van der Waals surface area contributed by atoms with Crippen LogP contribution in [0.4, 0.5) is 11.9 Å². The van der Waals surface area contributed by atoms with Crippen molar-refractivity contribution in [2.24, 2.45) is 5.92 Å². The minimum atomic E-state index is -0.245. The number of aromatic nitrogens is 8. The Labute approximate surface area is 359 Å². The van der Waals surface area contributed by atoms with Crippen LogP contribution in [0.3, 0.4) is 0 Å². The van der Waals surface area contributed by atoms with Gasteiger partial charge in [-0.25, -0.2) is 29.9 Å². The first-order chi connectivity index (χ1) is 29.7. The number of hydrogen-bond acceptors (Lipinski definition) is 11. The van der Waals surface area contributed by atoms with Gasteiger partial charge in [0, 0.05) is 43.4 Å². The Bertz CT molecular complexity index is 2360. The molecule has 14 nitrogen and oxygen atoms in total. The maximum absolute atomic E-state index is 12.4. The molecule has 1 atom stereocenters. The lowest BCUT2D eigenvalue weighted by molar-refractivity contribution is -0.131. The van der Waals surface area contributed by atoms with E-state index in [1.807, 2.05) is 24.9 Å². The Hall–Kier alpha value is -6.54. The molecule has 5 heterocycles. The summed E-state index contributed by atoms with van der Waals surface area (Å²) in [5.41, 5.74) is 6.66. The fraction of sp³-hybridized carbons (Fsp3) is 0.362. The van der Waals surface area contributed by atoms with E-state index in [2.05, 4.69) is 138 Å². The van der Waals surface area contributed by atoms with Crippen LogP contribution in [0.2, 0.25) is 0 Å². The molecule has 320 valence electrons. The number of rotatable bonds is 13. The Morgan fingerprint density at radius 2 is 1.43 bits per heavy atom. The molecule has 4 aromatic heterocycles. The van der Waals surface area contributed by atoms with Crippen molar-refractivity contribution in [1.29, 1.82) is 0 Å². The SMILES string of the molecule is CC(C)C(Nc1ncccn1)C(=O)N1CCCC1.CCC.CCCN(C)Cc1ncc(-c2ccc3cc(-c4ccc5nc[nH]c5c4)ccc3c2)[nH]1.O=CCNc1ncccn1. The van der Waals surface area contributed by atoms with Crippen molar-refractivity contribution in [3.63, 3.8) is 0 Å². The summed E-state index contributed by atoms with van der Waals surface area (Å²) in [6.07, 6.45) is 15.6. The number of aldehydes is 1. The number of benzene rings is 3. The average molecular weight is 825 g/mol. The highest BCUT2D eigenvalue weighted by Gasteiger charge is 2.29. The highest BCUT2D eigenvalue weighted by molar-refractivity contribution is 5.91. The Balaban J connectivity index is 0.000000192. The van der Waals surface area contributed by atoms with Gasteiger partial charge in [0.1, 0.15) is 18.2 Å². The number of carbonyl (C=O) groups is 2. The second-order valence-electron chi connectivity index (χ2n) is 15.2. The maximum atomic E-state index is 12.4. The lowest BCUT2D eigenvalue weighted by atomic mass is 9.99. The number of nitrogens with zero attached hydrogens (tertiary/aromatic N) is 8. The molecule has 0 aliphatic carbocycles. The molecule has 1 aliphatic heterocycles. The average Bonchev–Trinajstić information content (AvgIpc) is 4.09. The molecule has 1 amide bonds. The predicted molar refractivity (Wildman–Crippen MR) is 246 cm³/mol. The third kappa shape index (κ3) is 13.8. The van der Waals surface area contributed by atoms with Crippen LogP contribution in [0.15, 0.2) is 104 Å². The number of nitrogens with one attached hydrogen (secondary N) is 4. The molecular formula is C47H60N12O2. The van der Waals surface area contributed by atoms with Crippen LogP contribution in [0.1, 0.15) is 66.1 Å². The van der Waals surface area contributed by atoms with Gasteiger partial charge in [-0.2, -0.15) is 0 Å². The van der Waals surface area contributed by atoms with Gasteiger partial charge in [-0.3, -0.25) is 9.69 Å². The molecule has 0 spiro atoms. The molecule has 0 saturated carbocycles. The van der Waals surface area contributed by atoms with Gasteiger partial charge >= 0.3 is 0 Å². The van der Waals surface area contributed by atoms with Gasteiger partial charge < -0.3 is 30.3 Å². The van der Waals surface area contributed by atoms with Crippen molar-refractivity contribution in [2.75, 3.05) is 43.9 Å². The highest BCUT2D eigenvalue weighted by atomic mass is 16.2. The summed E-state index contributed by atoms with van der Waals surface area (Å²) >= 11 is 0. The number of likely N-dealkylation sites (tertiary alicyclic amines) is 1. The molecule has 0 bridgehead atoms. The van der Waals surface area contributed by atoms with E-state index in [-0.39, 0.29) is 24.4 Å². The van der Waals surface area contributed by atoms with Crippen molar-refractivity contribution in [3.05, 3.63) is 110 Å². The van der Waals surface area contributed by atoms with Crippen molar-refractivity contribution < 1.29 is 9.59 Å². The Morgan fingerprint density at radius 1 is 0.820 bits per heavy atom. The number of H-pyrrole nitrogens is 2. The summed E-state index contributed by atoms with van der Waals surface area (Å²) in [6.45, 7) is 14.4. The summed E-state index contributed by atoms with van der Waals surface area (Å²) in [5, 5.41) is 8.29. The van der Waals surface area contributed by atoms with Gasteiger partial charge in [0.2, 0.25) is 17.8 Å². The minimum absolute atomic E-state index is 0.162. The van der Waals surface area contributed by atoms with Crippen LogP contribution in [0.25, 0.3) is 44.2 Å². The third-order valence-electron chi connectivity index (χ3n) is 9.67. The molecular weight excluding hydrogens is 765 g/mol.